The molecule has 0 radical (unpaired) electrons. The number of aliphatic hydroxyl groups is 1. The Bertz CT molecular complexity index is 307. The van der Waals surface area contributed by atoms with Crippen LogP contribution in [0.25, 0.3) is 0 Å². The lowest BCUT2D eigenvalue weighted by molar-refractivity contribution is -0.205. The first kappa shape index (κ1) is 14.0. The van der Waals surface area contributed by atoms with Crippen LogP contribution in [0.3, 0.4) is 0 Å². The van der Waals surface area contributed by atoms with Gasteiger partial charge in [0.1, 0.15) is 6.54 Å². The largest absolute Gasteiger partial charge is 0.411 e. The molecule has 0 bridgehead atoms. The van der Waals surface area contributed by atoms with Gasteiger partial charge in [-0.2, -0.15) is 4.99 Å². The smallest absolute Gasteiger partial charge is 0.331 e. The Hall–Kier alpha value is -2.03. The highest BCUT2D eigenvalue weighted by molar-refractivity contribution is 5.80. The lowest BCUT2D eigenvalue weighted by Gasteiger charge is -2.21. The number of carbonyl (C=O) groups is 1. The van der Waals surface area contributed by atoms with Crippen molar-refractivity contribution < 1.29 is 14.6 Å². The molecule has 0 aromatic heterocycles. The topological polar surface area (TPSA) is 175 Å². The van der Waals surface area contributed by atoms with E-state index in [9.17, 15) is 9.90 Å². The van der Waals surface area contributed by atoms with E-state index in [1.54, 1.807) is 0 Å². The van der Waals surface area contributed by atoms with Gasteiger partial charge in [0.2, 0.25) is 0 Å². The fourth-order valence-corrected chi connectivity index (χ4v) is 0.746. The molecular formula is C7H16N6O3. The van der Waals surface area contributed by atoms with E-state index in [1.807, 2.05) is 0 Å². The van der Waals surface area contributed by atoms with Gasteiger partial charge in [-0.1, -0.05) is 6.92 Å². The van der Waals surface area contributed by atoms with Crippen LogP contribution in [0.2, 0.25) is 0 Å². The fraction of sp³-hybridized carbons (Fsp3) is 0.571. The van der Waals surface area contributed by atoms with Gasteiger partial charge in [-0.15, -0.1) is 0 Å². The van der Waals surface area contributed by atoms with Gasteiger partial charge < -0.3 is 32.8 Å². The Kier molecular flexibility index (Phi) is 5.02. The molecule has 0 fully saturated rings. The monoisotopic (exact) mass is 232 g/mol. The van der Waals surface area contributed by atoms with Gasteiger partial charge in [0.15, 0.2) is 11.9 Å². The Morgan fingerprint density at radius 1 is 1.31 bits per heavy atom. The van der Waals surface area contributed by atoms with Crippen LogP contribution in [-0.4, -0.2) is 35.5 Å². The van der Waals surface area contributed by atoms with E-state index in [1.165, 1.54) is 6.92 Å². The molecule has 0 spiro atoms. The average Bonchev–Trinajstić information content (AvgIpc) is 2.13. The third-order valence-corrected chi connectivity index (χ3v) is 1.43. The van der Waals surface area contributed by atoms with Crippen molar-refractivity contribution in [3.05, 3.63) is 0 Å². The Morgan fingerprint density at radius 3 is 2.25 bits per heavy atom. The Morgan fingerprint density at radius 2 is 1.88 bits per heavy atom. The van der Waals surface area contributed by atoms with Crippen molar-refractivity contribution in [1.82, 2.24) is 0 Å². The maximum absolute atomic E-state index is 11.2. The summed E-state index contributed by atoms with van der Waals surface area (Å²) in [5.41, 5.74) is 20.1. The predicted octanol–water partition coefficient (Wildman–Crippen LogP) is -2.87. The summed E-state index contributed by atoms with van der Waals surface area (Å²) in [6.07, 6.45) is -0.0154. The van der Waals surface area contributed by atoms with E-state index in [4.69, 9.17) is 22.9 Å². The molecule has 0 aliphatic carbocycles. The summed E-state index contributed by atoms with van der Waals surface area (Å²) in [6, 6.07) is 0. The molecule has 9 N–H and O–H groups in total. The summed E-state index contributed by atoms with van der Waals surface area (Å²) in [4.78, 5) is 17.9. The number of rotatable bonds is 5. The fourth-order valence-electron chi connectivity index (χ4n) is 0.746. The second kappa shape index (κ2) is 5.75. The second-order valence-electron chi connectivity index (χ2n) is 2.85. The molecule has 0 aliphatic heterocycles. The number of hydrogen-bond acceptors (Lipinski definition) is 5. The molecule has 0 rings (SSSR count). The van der Waals surface area contributed by atoms with E-state index < -0.39 is 24.4 Å². The first-order valence-corrected chi connectivity index (χ1v) is 4.39. The number of carbonyl (C=O) groups excluding carboxylic acids is 1. The zero-order valence-electron chi connectivity index (χ0n) is 8.88. The molecule has 1 atom stereocenters. The van der Waals surface area contributed by atoms with Crippen LogP contribution < -0.4 is 22.9 Å². The molecule has 0 aliphatic rings. The van der Waals surface area contributed by atoms with Gasteiger partial charge in [-0.3, -0.25) is 0 Å². The van der Waals surface area contributed by atoms with Crippen molar-refractivity contribution in [2.24, 2.45) is 32.9 Å². The van der Waals surface area contributed by atoms with Gasteiger partial charge in [-0.25, -0.2) is 9.79 Å². The predicted molar refractivity (Wildman–Crippen MR) is 57.8 cm³/mol. The van der Waals surface area contributed by atoms with Crippen LogP contribution in [0.1, 0.15) is 13.3 Å². The van der Waals surface area contributed by atoms with Gasteiger partial charge in [0, 0.05) is 6.42 Å². The maximum Gasteiger partial charge on any atom is 0.331 e. The highest BCUT2D eigenvalue weighted by atomic mass is 16.7. The number of hydrogen-bond donors (Lipinski definition) is 5. The molecule has 1 unspecified atom stereocenters. The summed E-state index contributed by atoms with van der Waals surface area (Å²) >= 11 is 0. The van der Waals surface area contributed by atoms with E-state index in [0.29, 0.717) is 0 Å². The SMILES string of the molecule is CCC(O)(N=C(N)N)OC(=O)CN=C(N)N. The molecule has 9 nitrogen and oxygen atoms in total. The van der Waals surface area contributed by atoms with Crippen molar-refractivity contribution in [3.8, 4) is 0 Å². The van der Waals surface area contributed by atoms with E-state index >= 15 is 0 Å². The Balaban J connectivity index is 4.49. The first-order valence-electron chi connectivity index (χ1n) is 4.39. The number of esters is 1. The molecule has 0 saturated carbocycles. The molecule has 16 heavy (non-hydrogen) atoms. The van der Waals surface area contributed by atoms with Gasteiger partial charge in [0.05, 0.1) is 0 Å². The van der Waals surface area contributed by atoms with Crippen molar-refractivity contribution in [2.45, 2.75) is 19.3 Å². The van der Waals surface area contributed by atoms with E-state index in [-0.39, 0.29) is 12.4 Å². The van der Waals surface area contributed by atoms with Crippen LogP contribution >= 0.6 is 0 Å². The van der Waals surface area contributed by atoms with Gasteiger partial charge in [-0.05, 0) is 0 Å². The van der Waals surface area contributed by atoms with Crippen molar-refractivity contribution in [1.29, 1.82) is 0 Å². The summed E-state index contributed by atoms with van der Waals surface area (Å²) in [5.74, 6) is -3.62. The lowest BCUT2D eigenvalue weighted by atomic mass is 10.4. The van der Waals surface area contributed by atoms with E-state index in [2.05, 4.69) is 14.7 Å². The minimum Gasteiger partial charge on any atom is -0.411 e. The number of nitrogens with two attached hydrogens (primary N) is 4. The molecule has 0 saturated heterocycles. The molecule has 92 valence electrons. The number of aliphatic imine (C=N–C) groups is 2. The van der Waals surface area contributed by atoms with Crippen LogP contribution in [0, 0.1) is 0 Å². The Labute approximate surface area is 92.1 Å². The molecule has 0 aromatic carbocycles. The zero-order chi connectivity index (χ0) is 12.8. The minimum atomic E-state index is -2.09. The maximum atomic E-state index is 11.2. The second-order valence-corrected chi connectivity index (χ2v) is 2.85. The molecule has 0 heterocycles. The summed E-state index contributed by atoms with van der Waals surface area (Å²) < 4.78 is 4.60. The number of guanidine groups is 2. The lowest BCUT2D eigenvalue weighted by Crippen LogP contribution is -2.38. The molecular weight excluding hydrogens is 216 g/mol. The van der Waals surface area contributed by atoms with Crippen LogP contribution in [0.4, 0.5) is 0 Å². The third kappa shape index (κ3) is 5.65. The number of ether oxygens (including phenoxy) is 1. The minimum absolute atomic E-state index is 0.0154. The van der Waals surface area contributed by atoms with Crippen LogP contribution in [0.5, 0.6) is 0 Å². The van der Waals surface area contributed by atoms with E-state index in [0.717, 1.165) is 0 Å². The van der Waals surface area contributed by atoms with Crippen LogP contribution in [0.15, 0.2) is 9.98 Å². The summed E-state index contributed by atoms with van der Waals surface area (Å²) in [6.45, 7) is 1.10. The van der Waals surface area contributed by atoms with Gasteiger partial charge >= 0.3 is 11.9 Å². The highest BCUT2D eigenvalue weighted by Crippen LogP contribution is 2.13. The van der Waals surface area contributed by atoms with Crippen LogP contribution in [-0.2, 0) is 9.53 Å². The van der Waals surface area contributed by atoms with Gasteiger partial charge in [0.25, 0.3) is 0 Å². The third-order valence-electron chi connectivity index (χ3n) is 1.43. The summed E-state index contributed by atoms with van der Waals surface area (Å²) in [7, 11) is 0. The standard InChI is InChI=1S/C7H16N6O3/c1-2-7(15,13-6(10)11)16-4(14)3-12-5(8)9/h15H,2-3H2,1H3,(H4,8,9,12)(H4,10,11,13). The highest BCUT2D eigenvalue weighted by Gasteiger charge is 2.28. The van der Waals surface area contributed by atoms with Crippen molar-refractivity contribution in [2.75, 3.05) is 6.54 Å². The molecule has 9 heteroatoms. The quantitative estimate of drug-likeness (QED) is 0.146. The molecule has 0 aromatic rings. The number of nitrogens with zero attached hydrogens (tertiary/aromatic N) is 2. The van der Waals surface area contributed by atoms with Crippen molar-refractivity contribution >= 4 is 17.9 Å². The zero-order valence-corrected chi connectivity index (χ0v) is 8.88. The summed E-state index contributed by atoms with van der Waals surface area (Å²) in [5, 5.41) is 9.62. The molecule has 0 amide bonds. The first-order chi connectivity index (χ1) is 7.29. The average molecular weight is 232 g/mol. The normalized spacial score (nSPS) is 13.4. The van der Waals surface area contributed by atoms with Crippen molar-refractivity contribution in [3.63, 3.8) is 0 Å².